The summed E-state index contributed by atoms with van der Waals surface area (Å²) in [5.41, 5.74) is -0.0221. The Balaban J connectivity index is 2.53. The molecule has 1 aromatic carbocycles. The summed E-state index contributed by atoms with van der Waals surface area (Å²) in [5, 5.41) is 0.0272. The lowest BCUT2D eigenvalue weighted by Gasteiger charge is -2.08. The summed E-state index contributed by atoms with van der Waals surface area (Å²) in [4.78, 5) is 0. The highest BCUT2D eigenvalue weighted by Gasteiger charge is 2.31. The molecule has 1 aromatic heterocycles. The van der Waals surface area contributed by atoms with Crippen LogP contribution in [0.5, 0.6) is 0 Å². The number of alkyl halides is 3. The van der Waals surface area contributed by atoms with Gasteiger partial charge in [-0.05, 0) is 29.8 Å². The van der Waals surface area contributed by atoms with Gasteiger partial charge in [-0.25, -0.2) is 0 Å². The fraction of sp³-hybridized carbons (Fsp3) is 0.0909. The third kappa shape index (κ3) is 2.22. The lowest BCUT2D eigenvalue weighted by atomic mass is 10.1. The second kappa shape index (κ2) is 3.87. The summed E-state index contributed by atoms with van der Waals surface area (Å²) in [7, 11) is 0. The second-order valence-electron chi connectivity index (χ2n) is 3.16. The Hall–Kier alpha value is -1.42. The highest BCUT2D eigenvalue weighted by atomic mass is 35.5. The topological polar surface area (TPSA) is 13.1 Å². The van der Waals surface area contributed by atoms with E-state index in [4.69, 9.17) is 11.6 Å². The fourth-order valence-corrected chi connectivity index (χ4v) is 1.53. The van der Waals surface area contributed by atoms with E-state index in [2.05, 4.69) is 10.7 Å². The average molecular weight is 246 g/mol. The quantitative estimate of drug-likeness (QED) is 0.725. The SMILES string of the molecule is FC(F)(F)c1cc(Cl)cc(-c2[c]occ2)c1. The maximum absolute atomic E-state index is 12.5. The van der Waals surface area contributed by atoms with Gasteiger partial charge >= 0.3 is 6.18 Å². The van der Waals surface area contributed by atoms with E-state index in [0.717, 1.165) is 12.1 Å². The molecule has 83 valence electrons. The van der Waals surface area contributed by atoms with E-state index in [9.17, 15) is 13.2 Å². The third-order valence-electron chi connectivity index (χ3n) is 2.01. The average Bonchev–Trinajstić information content (AvgIpc) is 2.68. The maximum Gasteiger partial charge on any atom is 0.416 e. The van der Waals surface area contributed by atoms with Crippen LogP contribution in [0.3, 0.4) is 0 Å². The number of rotatable bonds is 1. The zero-order chi connectivity index (χ0) is 11.8. The van der Waals surface area contributed by atoms with Crippen LogP contribution in [0.2, 0.25) is 5.02 Å². The molecule has 0 unspecified atom stereocenters. The maximum atomic E-state index is 12.5. The van der Waals surface area contributed by atoms with Gasteiger partial charge in [-0.1, -0.05) is 11.6 Å². The number of halogens is 4. The molecule has 0 spiro atoms. The van der Waals surface area contributed by atoms with E-state index >= 15 is 0 Å². The molecular weight excluding hydrogens is 241 g/mol. The molecule has 0 aliphatic carbocycles. The van der Waals surface area contributed by atoms with Crippen molar-refractivity contribution in [2.24, 2.45) is 0 Å². The first-order chi connectivity index (χ1) is 7.47. The van der Waals surface area contributed by atoms with Gasteiger partial charge in [0.1, 0.15) is 0 Å². The number of furan rings is 1. The van der Waals surface area contributed by atoms with Gasteiger partial charge < -0.3 is 4.42 Å². The van der Waals surface area contributed by atoms with Crippen molar-refractivity contribution in [2.75, 3.05) is 0 Å². The minimum atomic E-state index is -4.41. The van der Waals surface area contributed by atoms with Crippen molar-refractivity contribution in [3.63, 3.8) is 0 Å². The first-order valence-electron chi connectivity index (χ1n) is 4.30. The molecule has 2 rings (SSSR count). The van der Waals surface area contributed by atoms with Crippen LogP contribution < -0.4 is 0 Å². The van der Waals surface area contributed by atoms with Gasteiger partial charge in [0.15, 0.2) is 6.26 Å². The Bertz CT molecular complexity index is 488. The molecule has 1 radical (unpaired) electrons. The highest BCUT2D eigenvalue weighted by molar-refractivity contribution is 6.31. The van der Waals surface area contributed by atoms with Crippen molar-refractivity contribution in [1.29, 1.82) is 0 Å². The van der Waals surface area contributed by atoms with E-state index in [0.29, 0.717) is 11.1 Å². The first-order valence-corrected chi connectivity index (χ1v) is 4.68. The van der Waals surface area contributed by atoms with Crippen molar-refractivity contribution >= 4 is 11.6 Å². The van der Waals surface area contributed by atoms with Crippen molar-refractivity contribution in [3.05, 3.63) is 47.4 Å². The molecule has 0 saturated carbocycles. The summed E-state index contributed by atoms with van der Waals surface area (Å²) in [6.07, 6.45) is -0.618. The van der Waals surface area contributed by atoms with E-state index in [1.807, 2.05) is 0 Å². The standard InChI is InChI=1S/C11H5ClF3O/c12-10-4-8(7-1-2-16-6-7)3-9(5-10)11(13,14)15/h1-5H. The zero-order valence-corrected chi connectivity index (χ0v) is 8.56. The summed E-state index contributed by atoms with van der Waals surface area (Å²) in [5.74, 6) is 0. The third-order valence-corrected chi connectivity index (χ3v) is 2.23. The van der Waals surface area contributed by atoms with Crippen molar-refractivity contribution in [1.82, 2.24) is 0 Å². The predicted molar refractivity (Wildman–Crippen MR) is 53.0 cm³/mol. The highest BCUT2D eigenvalue weighted by Crippen LogP contribution is 2.34. The van der Waals surface area contributed by atoms with Gasteiger partial charge in [0.2, 0.25) is 0 Å². The number of hydrogen-bond donors (Lipinski definition) is 0. The van der Waals surface area contributed by atoms with Crippen LogP contribution in [0.25, 0.3) is 11.1 Å². The molecule has 0 saturated heterocycles. The van der Waals surface area contributed by atoms with Crippen LogP contribution in [-0.4, -0.2) is 0 Å². The molecule has 5 heteroatoms. The minimum absolute atomic E-state index is 0.0272. The molecule has 0 bridgehead atoms. The summed E-state index contributed by atoms with van der Waals surface area (Å²) in [6.45, 7) is 0. The Labute approximate surface area is 94.4 Å². The van der Waals surface area contributed by atoms with E-state index < -0.39 is 11.7 Å². The van der Waals surface area contributed by atoms with Gasteiger partial charge in [0.25, 0.3) is 0 Å². The molecule has 2 aromatic rings. The lowest BCUT2D eigenvalue weighted by Crippen LogP contribution is -2.04. The minimum Gasteiger partial charge on any atom is -0.460 e. The predicted octanol–water partition coefficient (Wildman–Crippen LogP) is 4.42. The molecule has 0 atom stereocenters. The van der Waals surface area contributed by atoms with Crippen LogP contribution in [0.4, 0.5) is 13.2 Å². The Morgan fingerprint density at radius 3 is 2.50 bits per heavy atom. The van der Waals surface area contributed by atoms with Gasteiger partial charge in [0.05, 0.1) is 11.8 Å². The molecule has 0 fully saturated rings. The van der Waals surface area contributed by atoms with Crippen LogP contribution in [0.1, 0.15) is 5.56 Å². The molecule has 0 aliphatic rings. The number of hydrogen-bond acceptors (Lipinski definition) is 1. The summed E-state index contributed by atoms with van der Waals surface area (Å²) >= 11 is 5.63. The van der Waals surface area contributed by atoms with Crippen molar-refractivity contribution in [2.45, 2.75) is 6.18 Å². The summed E-state index contributed by atoms with van der Waals surface area (Å²) < 4.78 is 42.2. The van der Waals surface area contributed by atoms with Gasteiger partial charge in [0, 0.05) is 10.6 Å². The molecule has 16 heavy (non-hydrogen) atoms. The number of benzene rings is 1. The Kier molecular flexibility index (Phi) is 2.68. The molecule has 0 N–H and O–H groups in total. The summed E-state index contributed by atoms with van der Waals surface area (Å²) in [6, 6.07) is 4.84. The van der Waals surface area contributed by atoms with Gasteiger partial charge in [-0.2, -0.15) is 13.2 Å². The zero-order valence-electron chi connectivity index (χ0n) is 7.81. The first kappa shape index (κ1) is 11.1. The Morgan fingerprint density at radius 1 is 1.19 bits per heavy atom. The van der Waals surface area contributed by atoms with E-state index in [-0.39, 0.29) is 5.02 Å². The van der Waals surface area contributed by atoms with Crippen LogP contribution in [-0.2, 0) is 6.18 Å². The molecule has 0 aliphatic heterocycles. The van der Waals surface area contributed by atoms with Crippen LogP contribution >= 0.6 is 11.6 Å². The molecular formula is C11H5ClF3O. The smallest absolute Gasteiger partial charge is 0.416 e. The molecule has 1 heterocycles. The van der Waals surface area contributed by atoms with Crippen molar-refractivity contribution < 1.29 is 17.6 Å². The van der Waals surface area contributed by atoms with Crippen LogP contribution in [0.15, 0.2) is 34.9 Å². The van der Waals surface area contributed by atoms with Crippen molar-refractivity contribution in [3.8, 4) is 11.1 Å². The molecule has 1 nitrogen and oxygen atoms in total. The monoisotopic (exact) mass is 245 g/mol. The van der Waals surface area contributed by atoms with Gasteiger partial charge in [-0.15, -0.1) is 0 Å². The lowest BCUT2D eigenvalue weighted by molar-refractivity contribution is -0.137. The van der Waals surface area contributed by atoms with Crippen LogP contribution in [0, 0.1) is 6.26 Å². The molecule has 0 amide bonds. The fourth-order valence-electron chi connectivity index (χ4n) is 1.30. The van der Waals surface area contributed by atoms with E-state index in [1.165, 1.54) is 18.4 Å². The largest absolute Gasteiger partial charge is 0.460 e. The normalized spacial score (nSPS) is 11.8. The second-order valence-corrected chi connectivity index (χ2v) is 3.60. The Morgan fingerprint density at radius 2 is 1.94 bits per heavy atom. The van der Waals surface area contributed by atoms with E-state index in [1.54, 1.807) is 0 Å². The van der Waals surface area contributed by atoms with Gasteiger partial charge in [-0.3, -0.25) is 0 Å².